The van der Waals surface area contributed by atoms with Gasteiger partial charge in [-0.15, -0.1) is 11.3 Å². The van der Waals surface area contributed by atoms with Crippen molar-refractivity contribution in [3.63, 3.8) is 0 Å². The van der Waals surface area contributed by atoms with Gasteiger partial charge in [-0.25, -0.2) is 0 Å². The van der Waals surface area contributed by atoms with Crippen molar-refractivity contribution in [2.75, 3.05) is 32.7 Å². The molecule has 0 spiro atoms. The summed E-state index contributed by atoms with van der Waals surface area (Å²) < 4.78 is 0. The lowest BCUT2D eigenvalue weighted by Gasteiger charge is -2.41. The fourth-order valence-corrected chi connectivity index (χ4v) is 4.64. The zero-order chi connectivity index (χ0) is 20.6. The predicted molar refractivity (Wildman–Crippen MR) is 114 cm³/mol. The number of piperazine rings is 1. The van der Waals surface area contributed by atoms with Gasteiger partial charge >= 0.3 is 11.8 Å². The number of likely N-dealkylation sites (N-methyl/N-ethyl adjacent to an activating group) is 1. The van der Waals surface area contributed by atoms with Crippen LogP contribution < -0.4 is 10.6 Å². The number of carbonyl (C=O) groups excluding carboxylic acids is 2. The standard InChI is InChI=1S/C21H29N5O2S/c1-3-25-9-11-26(12-10-25)19(18-7-5-13-29-18)16(2)24-21(28)20(27)23-15-17-6-4-8-22-14-17/h4-8,13-14,16,19H,3,9-12,15H2,1-2H3,(H,23,27)(H,24,28)/t16-,19-/m1/s1. The summed E-state index contributed by atoms with van der Waals surface area (Å²) in [6.07, 6.45) is 3.34. The summed E-state index contributed by atoms with van der Waals surface area (Å²) in [4.78, 5) is 34.8. The summed E-state index contributed by atoms with van der Waals surface area (Å²) in [6, 6.07) is 7.67. The highest BCUT2D eigenvalue weighted by Crippen LogP contribution is 2.29. The molecule has 0 radical (unpaired) electrons. The molecule has 2 amide bonds. The molecule has 2 aromatic heterocycles. The second-order valence-electron chi connectivity index (χ2n) is 7.24. The van der Waals surface area contributed by atoms with Crippen molar-refractivity contribution in [1.82, 2.24) is 25.4 Å². The third kappa shape index (κ3) is 5.85. The van der Waals surface area contributed by atoms with Crippen LogP contribution in [0.4, 0.5) is 0 Å². The van der Waals surface area contributed by atoms with Crippen molar-refractivity contribution in [1.29, 1.82) is 0 Å². The van der Waals surface area contributed by atoms with Crippen molar-refractivity contribution in [2.24, 2.45) is 0 Å². The van der Waals surface area contributed by atoms with Crippen LogP contribution in [-0.2, 0) is 16.1 Å². The summed E-state index contributed by atoms with van der Waals surface area (Å²) >= 11 is 1.69. The van der Waals surface area contributed by atoms with E-state index in [4.69, 9.17) is 0 Å². The Morgan fingerprint density at radius 1 is 1.17 bits per heavy atom. The van der Waals surface area contributed by atoms with Crippen molar-refractivity contribution in [3.8, 4) is 0 Å². The van der Waals surface area contributed by atoms with Gasteiger partial charge in [-0.2, -0.15) is 0 Å². The number of thiophene rings is 1. The first kappa shape index (κ1) is 21.4. The molecule has 156 valence electrons. The molecule has 1 fully saturated rings. The average molecular weight is 416 g/mol. The molecule has 0 saturated carbocycles. The maximum atomic E-state index is 12.5. The number of hydrogen-bond donors (Lipinski definition) is 2. The molecule has 0 bridgehead atoms. The second kappa shape index (κ2) is 10.5. The Morgan fingerprint density at radius 3 is 2.59 bits per heavy atom. The number of nitrogens with one attached hydrogen (secondary N) is 2. The van der Waals surface area contributed by atoms with Gasteiger partial charge in [0, 0.05) is 56.0 Å². The molecule has 2 N–H and O–H groups in total. The van der Waals surface area contributed by atoms with E-state index >= 15 is 0 Å². The Morgan fingerprint density at radius 2 is 1.97 bits per heavy atom. The second-order valence-corrected chi connectivity index (χ2v) is 8.22. The molecule has 2 atom stereocenters. The fraction of sp³-hybridized carbons (Fsp3) is 0.476. The van der Waals surface area contributed by atoms with Crippen LogP contribution >= 0.6 is 11.3 Å². The summed E-state index contributed by atoms with van der Waals surface area (Å²) in [6.45, 7) is 9.42. The SMILES string of the molecule is CCN1CCN([C@@H](c2cccs2)[C@@H](C)NC(=O)C(=O)NCc2cccnc2)CC1. The van der Waals surface area contributed by atoms with E-state index in [0.29, 0.717) is 0 Å². The van der Waals surface area contributed by atoms with Crippen molar-refractivity contribution >= 4 is 23.2 Å². The molecule has 0 unspecified atom stereocenters. The molecule has 3 heterocycles. The molecular weight excluding hydrogens is 386 g/mol. The lowest BCUT2D eigenvalue weighted by atomic mass is 10.0. The summed E-state index contributed by atoms with van der Waals surface area (Å²) in [7, 11) is 0. The van der Waals surface area contributed by atoms with Gasteiger partial charge in [0.1, 0.15) is 0 Å². The van der Waals surface area contributed by atoms with Crippen LogP contribution in [0.5, 0.6) is 0 Å². The normalized spacial score (nSPS) is 17.4. The average Bonchev–Trinajstić information content (AvgIpc) is 3.27. The molecular formula is C21H29N5O2S. The first-order valence-corrected chi connectivity index (χ1v) is 10.9. The molecule has 2 aromatic rings. The minimum atomic E-state index is -0.624. The van der Waals surface area contributed by atoms with Crippen LogP contribution in [-0.4, -0.2) is 65.4 Å². The van der Waals surface area contributed by atoms with E-state index in [0.717, 1.165) is 38.3 Å². The van der Waals surface area contributed by atoms with E-state index in [9.17, 15) is 9.59 Å². The van der Waals surface area contributed by atoms with E-state index in [1.807, 2.05) is 19.1 Å². The Kier molecular flexibility index (Phi) is 7.74. The van der Waals surface area contributed by atoms with Gasteiger partial charge < -0.3 is 15.5 Å². The largest absolute Gasteiger partial charge is 0.344 e. The number of nitrogens with zero attached hydrogens (tertiary/aromatic N) is 3. The van der Waals surface area contributed by atoms with Crippen molar-refractivity contribution in [2.45, 2.75) is 32.5 Å². The lowest BCUT2D eigenvalue weighted by Crippen LogP contribution is -2.53. The highest BCUT2D eigenvalue weighted by Gasteiger charge is 2.31. The van der Waals surface area contributed by atoms with Crippen molar-refractivity contribution in [3.05, 3.63) is 52.5 Å². The molecule has 1 saturated heterocycles. The quantitative estimate of drug-likeness (QED) is 0.673. The monoisotopic (exact) mass is 415 g/mol. The van der Waals surface area contributed by atoms with E-state index < -0.39 is 11.8 Å². The van der Waals surface area contributed by atoms with Gasteiger partial charge in [0.25, 0.3) is 0 Å². The van der Waals surface area contributed by atoms with Gasteiger partial charge in [0.05, 0.1) is 6.04 Å². The van der Waals surface area contributed by atoms with Crippen LogP contribution in [0.1, 0.15) is 30.3 Å². The maximum Gasteiger partial charge on any atom is 0.309 e. The minimum Gasteiger partial charge on any atom is -0.344 e. The number of rotatable bonds is 7. The van der Waals surface area contributed by atoms with Crippen LogP contribution in [0, 0.1) is 0 Å². The summed E-state index contributed by atoms with van der Waals surface area (Å²) in [5.41, 5.74) is 0.854. The number of hydrogen-bond acceptors (Lipinski definition) is 6. The molecule has 0 aliphatic carbocycles. The van der Waals surface area contributed by atoms with Gasteiger partial charge in [-0.05, 0) is 36.5 Å². The lowest BCUT2D eigenvalue weighted by molar-refractivity contribution is -0.140. The molecule has 3 rings (SSSR count). The maximum absolute atomic E-state index is 12.5. The molecule has 0 aromatic carbocycles. The van der Waals surface area contributed by atoms with Crippen LogP contribution in [0.25, 0.3) is 0 Å². The topological polar surface area (TPSA) is 77.6 Å². The Hall–Kier alpha value is -2.29. The Bertz CT molecular complexity index is 776. The third-order valence-electron chi connectivity index (χ3n) is 5.30. The smallest absolute Gasteiger partial charge is 0.309 e. The minimum absolute atomic E-state index is 0.0593. The Labute approximate surface area is 176 Å². The fourth-order valence-electron chi connectivity index (χ4n) is 3.68. The third-order valence-corrected chi connectivity index (χ3v) is 6.24. The van der Waals surface area contributed by atoms with Gasteiger partial charge in [0.15, 0.2) is 0 Å². The highest BCUT2D eigenvalue weighted by molar-refractivity contribution is 7.10. The van der Waals surface area contributed by atoms with E-state index in [-0.39, 0.29) is 18.6 Å². The zero-order valence-corrected chi connectivity index (χ0v) is 17.8. The molecule has 29 heavy (non-hydrogen) atoms. The van der Waals surface area contributed by atoms with E-state index in [1.54, 1.807) is 29.8 Å². The van der Waals surface area contributed by atoms with E-state index in [2.05, 4.69) is 43.8 Å². The first-order valence-electron chi connectivity index (χ1n) is 10.1. The van der Waals surface area contributed by atoms with Gasteiger partial charge in [-0.3, -0.25) is 19.5 Å². The Balaban J connectivity index is 1.59. The number of amides is 2. The van der Waals surface area contributed by atoms with Crippen LogP contribution in [0.3, 0.4) is 0 Å². The van der Waals surface area contributed by atoms with Gasteiger partial charge in [0.2, 0.25) is 0 Å². The summed E-state index contributed by atoms with van der Waals surface area (Å²) in [5, 5.41) is 7.63. The van der Waals surface area contributed by atoms with Crippen molar-refractivity contribution < 1.29 is 9.59 Å². The van der Waals surface area contributed by atoms with E-state index in [1.165, 1.54) is 4.88 Å². The first-order chi connectivity index (χ1) is 14.1. The molecule has 1 aliphatic rings. The summed E-state index contributed by atoms with van der Waals surface area (Å²) in [5.74, 6) is -1.23. The van der Waals surface area contributed by atoms with Crippen LogP contribution in [0.15, 0.2) is 42.0 Å². The zero-order valence-electron chi connectivity index (χ0n) is 17.0. The predicted octanol–water partition coefficient (Wildman–Crippen LogP) is 1.64. The van der Waals surface area contributed by atoms with Crippen LogP contribution in [0.2, 0.25) is 0 Å². The number of pyridine rings is 1. The number of carbonyl (C=O) groups is 2. The molecule has 7 nitrogen and oxygen atoms in total. The number of aromatic nitrogens is 1. The molecule has 8 heteroatoms. The van der Waals surface area contributed by atoms with Gasteiger partial charge in [-0.1, -0.05) is 19.1 Å². The molecule has 1 aliphatic heterocycles. The highest BCUT2D eigenvalue weighted by atomic mass is 32.1.